The second-order valence-electron chi connectivity index (χ2n) is 6.19. The Hall–Kier alpha value is -2.51. The third kappa shape index (κ3) is 5.24. The van der Waals surface area contributed by atoms with Crippen molar-refractivity contribution in [1.29, 1.82) is 0 Å². The molecule has 0 saturated carbocycles. The molecular weight excluding hydrogens is 354 g/mol. The molecule has 3 rings (SSSR count). The number of hydrogen-bond acceptors (Lipinski definition) is 5. The molecule has 1 aliphatic carbocycles. The fourth-order valence-electron chi connectivity index (χ4n) is 2.41. The van der Waals surface area contributed by atoms with Gasteiger partial charge in [0, 0.05) is 12.0 Å². The van der Waals surface area contributed by atoms with E-state index in [1.807, 2.05) is 45.3 Å². The van der Waals surface area contributed by atoms with Crippen LogP contribution in [-0.4, -0.2) is 49.9 Å². The lowest BCUT2D eigenvalue weighted by Crippen LogP contribution is -2.21. The third-order valence-corrected chi connectivity index (χ3v) is 4.58. The number of nitrogens with zero attached hydrogens (tertiary/aromatic N) is 1. The van der Waals surface area contributed by atoms with Crippen molar-refractivity contribution in [3.63, 3.8) is 0 Å². The zero-order chi connectivity index (χ0) is 19.3. The number of rotatable bonds is 3. The van der Waals surface area contributed by atoms with E-state index in [0.29, 0.717) is 6.42 Å². The summed E-state index contributed by atoms with van der Waals surface area (Å²) in [7, 11) is -0.534. The van der Waals surface area contributed by atoms with Crippen LogP contribution in [0.4, 0.5) is 0 Å². The van der Waals surface area contributed by atoms with E-state index < -0.39 is 10.1 Å². The Kier molecular flexibility index (Phi) is 6.28. The molecule has 0 aromatic heterocycles. The summed E-state index contributed by atoms with van der Waals surface area (Å²) in [5.74, 6) is 0.0868. The molecule has 0 radical (unpaired) electrons. The lowest BCUT2D eigenvalue weighted by atomic mass is 10.1. The summed E-state index contributed by atoms with van der Waals surface area (Å²) in [5.41, 5.74) is 2.81. The van der Waals surface area contributed by atoms with Gasteiger partial charge in [-0.1, -0.05) is 42.0 Å². The van der Waals surface area contributed by atoms with Gasteiger partial charge in [-0.3, -0.25) is 4.79 Å². The first-order chi connectivity index (χ1) is 12.2. The Bertz CT molecular complexity index is 913. The molecule has 0 fully saturated rings. The molecule has 26 heavy (non-hydrogen) atoms. The average molecular weight is 375 g/mol. The van der Waals surface area contributed by atoms with Crippen LogP contribution in [0.15, 0.2) is 53.4 Å². The number of carbonyl (C=O) groups is 1. The molecule has 1 unspecified atom stereocenters. The summed E-state index contributed by atoms with van der Waals surface area (Å²) in [6.45, 7) is 1.82. The van der Waals surface area contributed by atoms with Crippen LogP contribution < -0.4 is 0 Å². The number of carbonyl (C=O) groups excluding carboxylic acids is 1. The molecule has 0 spiro atoms. The molecule has 0 saturated heterocycles. The van der Waals surface area contributed by atoms with E-state index >= 15 is 0 Å². The molecule has 0 heterocycles. The minimum Gasteiger partial charge on any atom is -0.744 e. The van der Waals surface area contributed by atoms with Gasteiger partial charge in [-0.15, -0.1) is 0 Å². The van der Waals surface area contributed by atoms with E-state index in [0.717, 1.165) is 16.7 Å². The molecule has 1 aliphatic rings. The van der Waals surface area contributed by atoms with Crippen molar-refractivity contribution in [1.82, 2.24) is 0 Å². The van der Waals surface area contributed by atoms with Gasteiger partial charge in [0.15, 0.2) is 6.10 Å². The Morgan fingerprint density at radius 3 is 2.27 bits per heavy atom. The summed E-state index contributed by atoms with van der Waals surface area (Å²) in [5, 5.41) is 0. The Morgan fingerprint density at radius 1 is 1.12 bits per heavy atom. The van der Waals surface area contributed by atoms with E-state index in [-0.39, 0.29) is 16.8 Å². The monoisotopic (exact) mass is 375 g/mol. The molecule has 138 valence electrons. The Labute approximate surface area is 153 Å². The number of ether oxygens (including phenoxy) is 1. The zero-order valence-electron chi connectivity index (χ0n) is 14.9. The predicted octanol–water partition coefficient (Wildman–Crippen LogP) is 2.01. The fraction of sp³-hybridized carbons (Fsp3) is 0.263. The van der Waals surface area contributed by atoms with Gasteiger partial charge in [-0.2, -0.15) is 0 Å². The number of hydrogen-bond donors (Lipinski definition) is 0. The highest BCUT2D eigenvalue weighted by atomic mass is 32.2. The third-order valence-electron chi connectivity index (χ3n) is 3.73. The fourth-order valence-corrected chi connectivity index (χ4v) is 2.88. The highest BCUT2D eigenvalue weighted by Crippen LogP contribution is 2.23. The van der Waals surface area contributed by atoms with Crippen molar-refractivity contribution >= 4 is 22.3 Å². The molecule has 6 nitrogen and oxygen atoms in total. The van der Waals surface area contributed by atoms with Gasteiger partial charge in [0.05, 0.1) is 4.90 Å². The molecule has 1 atom stereocenters. The van der Waals surface area contributed by atoms with E-state index in [1.54, 1.807) is 23.1 Å². The summed E-state index contributed by atoms with van der Waals surface area (Å²) in [6, 6.07) is 13.5. The second kappa shape index (κ2) is 8.25. The van der Waals surface area contributed by atoms with Crippen molar-refractivity contribution in [3.8, 4) is 0 Å². The first-order valence-corrected chi connectivity index (χ1v) is 9.39. The SMILES string of the molecule is C[N+](C)=COC1Cc2ccccc2C1=O.Cc1ccc(S(=O)(=O)[O-])cc1. The Morgan fingerprint density at radius 2 is 1.73 bits per heavy atom. The molecule has 2 aromatic rings. The smallest absolute Gasteiger partial charge is 0.324 e. The molecule has 2 aromatic carbocycles. The van der Waals surface area contributed by atoms with E-state index in [2.05, 4.69) is 0 Å². The average Bonchev–Trinajstić information content (AvgIpc) is 2.90. The zero-order valence-corrected chi connectivity index (χ0v) is 15.7. The van der Waals surface area contributed by atoms with Crippen molar-refractivity contribution in [2.45, 2.75) is 24.3 Å². The minimum absolute atomic E-state index is 0.0868. The van der Waals surface area contributed by atoms with Gasteiger partial charge >= 0.3 is 6.40 Å². The summed E-state index contributed by atoms with van der Waals surface area (Å²) in [4.78, 5) is 11.7. The second-order valence-corrected chi connectivity index (χ2v) is 7.57. The van der Waals surface area contributed by atoms with Gasteiger partial charge in [0.25, 0.3) is 0 Å². The molecule has 0 amide bonds. The van der Waals surface area contributed by atoms with Crippen molar-refractivity contribution < 1.29 is 27.1 Å². The summed E-state index contributed by atoms with van der Waals surface area (Å²) in [6.07, 6.45) is 1.91. The predicted molar refractivity (Wildman–Crippen MR) is 96.7 cm³/mol. The number of fused-ring (bicyclic) bond motifs is 1. The summed E-state index contributed by atoms with van der Waals surface area (Å²) >= 11 is 0. The molecule has 0 aliphatic heterocycles. The van der Waals surface area contributed by atoms with Crippen LogP contribution in [0.2, 0.25) is 0 Å². The van der Waals surface area contributed by atoms with Gasteiger partial charge in [0.2, 0.25) is 5.78 Å². The highest BCUT2D eigenvalue weighted by molar-refractivity contribution is 7.85. The first kappa shape index (κ1) is 19.8. The number of aryl methyl sites for hydroxylation is 1. The summed E-state index contributed by atoms with van der Waals surface area (Å²) < 4.78 is 38.4. The maximum atomic E-state index is 11.8. The standard InChI is InChI=1S/C12H14NO2.C7H8O3S/c1-13(2)8-15-11-7-9-5-3-4-6-10(9)12(11)14;1-6-2-4-7(5-3-6)11(8,9)10/h3-6,8,11H,7H2,1-2H3;2-5H,1H3,(H,8,9,10)/q+1;/p-1. The maximum Gasteiger partial charge on any atom is 0.324 e. The maximum absolute atomic E-state index is 11.8. The first-order valence-electron chi connectivity index (χ1n) is 7.98. The van der Waals surface area contributed by atoms with Crippen molar-refractivity contribution in [2.75, 3.05) is 14.1 Å². The Balaban J connectivity index is 0.000000197. The van der Waals surface area contributed by atoms with E-state index in [1.165, 1.54) is 12.1 Å². The molecule has 0 N–H and O–H groups in total. The number of Topliss-reactive ketones (excluding diaryl/α,β-unsaturated/α-hetero) is 1. The van der Waals surface area contributed by atoms with Gasteiger partial charge in [-0.05, 0) is 24.6 Å². The van der Waals surface area contributed by atoms with Crippen LogP contribution >= 0.6 is 0 Å². The van der Waals surface area contributed by atoms with Crippen molar-refractivity contribution in [3.05, 3.63) is 65.2 Å². The quantitative estimate of drug-likeness (QED) is 0.354. The number of benzene rings is 2. The van der Waals surface area contributed by atoms with E-state index in [4.69, 9.17) is 4.74 Å². The van der Waals surface area contributed by atoms with Crippen LogP contribution in [-0.2, 0) is 21.3 Å². The van der Waals surface area contributed by atoms with Crippen LogP contribution in [0.25, 0.3) is 0 Å². The lowest BCUT2D eigenvalue weighted by Gasteiger charge is -2.05. The van der Waals surface area contributed by atoms with Crippen LogP contribution in [0.3, 0.4) is 0 Å². The van der Waals surface area contributed by atoms with Gasteiger partial charge in [0.1, 0.15) is 24.2 Å². The minimum atomic E-state index is -4.27. The van der Waals surface area contributed by atoms with Gasteiger partial charge < -0.3 is 9.29 Å². The highest BCUT2D eigenvalue weighted by Gasteiger charge is 2.31. The van der Waals surface area contributed by atoms with Crippen LogP contribution in [0.5, 0.6) is 0 Å². The van der Waals surface area contributed by atoms with Crippen molar-refractivity contribution in [2.24, 2.45) is 0 Å². The van der Waals surface area contributed by atoms with Crippen LogP contribution in [0, 0.1) is 6.92 Å². The topological polar surface area (TPSA) is 86.5 Å². The molecular formula is C19H21NO5S. The van der Waals surface area contributed by atoms with Gasteiger partial charge in [-0.25, -0.2) is 13.0 Å². The lowest BCUT2D eigenvalue weighted by molar-refractivity contribution is -0.468. The largest absolute Gasteiger partial charge is 0.744 e. The van der Waals surface area contributed by atoms with Crippen LogP contribution in [0.1, 0.15) is 21.5 Å². The number of ketones is 1. The molecule has 7 heteroatoms. The van der Waals surface area contributed by atoms with E-state index in [9.17, 15) is 17.8 Å². The molecule has 0 bridgehead atoms. The normalized spacial score (nSPS) is 15.5.